The van der Waals surface area contributed by atoms with Crippen molar-refractivity contribution in [2.24, 2.45) is 16.0 Å². The average Bonchev–Trinajstić information content (AvgIpc) is 2.59. The van der Waals surface area contributed by atoms with E-state index >= 15 is 0 Å². The highest BCUT2D eigenvalue weighted by Crippen LogP contribution is 2.41. The molecule has 6 N–H and O–H groups in total. The van der Waals surface area contributed by atoms with Gasteiger partial charge in [0, 0.05) is 30.9 Å². The number of rotatable bonds is 1. The van der Waals surface area contributed by atoms with Crippen LogP contribution in [0.5, 0.6) is 5.75 Å². The smallest absolute Gasteiger partial charge is 0.394 e. The van der Waals surface area contributed by atoms with Gasteiger partial charge in [0.05, 0.1) is 6.10 Å². The fourth-order valence-corrected chi connectivity index (χ4v) is 1.82. The van der Waals surface area contributed by atoms with Crippen molar-refractivity contribution in [2.45, 2.75) is 6.10 Å². The van der Waals surface area contributed by atoms with Crippen molar-refractivity contribution in [3.05, 3.63) is 17.7 Å². The molecule has 1 aromatic carbocycles. The van der Waals surface area contributed by atoms with Crippen molar-refractivity contribution in [3.8, 4) is 5.75 Å². The number of hydrogen-bond acceptors (Lipinski definition) is 7. The van der Waals surface area contributed by atoms with E-state index in [1.54, 1.807) is 7.05 Å². The lowest BCUT2D eigenvalue weighted by atomic mass is 10.1. The molecule has 0 spiro atoms. The predicted molar refractivity (Wildman–Crippen MR) is 74.6 cm³/mol. The third-order valence-corrected chi connectivity index (χ3v) is 2.60. The van der Waals surface area contributed by atoms with E-state index in [1.807, 2.05) is 4.90 Å². The summed E-state index contributed by atoms with van der Waals surface area (Å²) < 4.78 is 31.6. The average molecular weight is 334 g/mol. The van der Waals surface area contributed by atoms with Crippen molar-refractivity contribution < 1.29 is 32.5 Å². The van der Waals surface area contributed by atoms with Crippen LogP contribution in [0, 0.1) is 0 Å². The molecule has 0 aromatic heterocycles. The Morgan fingerprint density at radius 2 is 1.95 bits per heavy atom. The Kier molecular flexibility index (Phi) is 5.38. The molecule has 122 valence electrons. The number of fused-ring (bicyclic) bond motifs is 1. The van der Waals surface area contributed by atoms with Gasteiger partial charge in [0.1, 0.15) is 11.4 Å². The van der Waals surface area contributed by atoms with E-state index in [2.05, 4.69) is 10.2 Å². The van der Waals surface area contributed by atoms with Crippen LogP contribution < -0.4 is 10.6 Å². The Labute approximate surface area is 125 Å². The summed E-state index contributed by atoms with van der Waals surface area (Å²) in [7, 11) is -2.86. The molecule has 0 saturated heterocycles. The summed E-state index contributed by atoms with van der Waals surface area (Å²) in [4.78, 5) is 12.3. The molecule has 11 nitrogen and oxygen atoms in total. The number of aliphatic hydroxyl groups excluding tert-OH is 1. The molecule has 2 rings (SSSR count). The van der Waals surface area contributed by atoms with Gasteiger partial charge in [-0.25, -0.2) is 4.79 Å². The Balaban J connectivity index is 0.000000422. The highest BCUT2D eigenvalue weighted by Gasteiger charge is 2.26. The lowest BCUT2D eigenvalue weighted by Crippen LogP contribution is -2.14. The normalized spacial score (nSPS) is 17.1. The molecule has 0 fully saturated rings. The molecule has 1 unspecified atom stereocenters. The molecule has 1 aromatic rings. The van der Waals surface area contributed by atoms with Crippen LogP contribution in [-0.4, -0.2) is 47.4 Å². The van der Waals surface area contributed by atoms with Crippen molar-refractivity contribution in [1.82, 2.24) is 0 Å². The minimum Gasteiger partial charge on any atom is -0.506 e. The highest BCUT2D eigenvalue weighted by molar-refractivity contribution is 7.79. The molecular formula is C10H14N4O7S. The van der Waals surface area contributed by atoms with Gasteiger partial charge in [-0.3, -0.25) is 9.11 Å². The quantitative estimate of drug-likeness (QED) is 0.360. The van der Waals surface area contributed by atoms with Crippen molar-refractivity contribution in [2.75, 3.05) is 18.5 Å². The first-order chi connectivity index (χ1) is 9.99. The first-order valence-electron chi connectivity index (χ1n) is 5.66. The molecule has 22 heavy (non-hydrogen) atoms. The summed E-state index contributed by atoms with van der Waals surface area (Å²) in [6.45, 7) is 0.450. The number of benzene rings is 1. The molecule has 0 radical (unpaired) electrons. The monoisotopic (exact) mass is 334 g/mol. The molecular weight excluding hydrogens is 320 g/mol. The topological polar surface area (TPSA) is 186 Å². The van der Waals surface area contributed by atoms with Crippen molar-refractivity contribution in [3.63, 3.8) is 0 Å². The summed E-state index contributed by atoms with van der Waals surface area (Å²) in [5.74, 6) is -0.116. The largest absolute Gasteiger partial charge is 0.506 e. The van der Waals surface area contributed by atoms with Gasteiger partial charge in [0.25, 0.3) is 0 Å². The summed E-state index contributed by atoms with van der Waals surface area (Å²) >= 11 is 0. The van der Waals surface area contributed by atoms with E-state index in [0.717, 1.165) is 5.69 Å². The Morgan fingerprint density at radius 3 is 2.45 bits per heavy atom. The van der Waals surface area contributed by atoms with Crippen molar-refractivity contribution >= 4 is 27.8 Å². The number of anilines is 1. The first kappa shape index (κ1) is 17.8. The number of primary amides is 1. The zero-order valence-electron chi connectivity index (χ0n) is 11.3. The van der Waals surface area contributed by atoms with Gasteiger partial charge >= 0.3 is 16.4 Å². The Bertz CT molecular complexity index is 695. The number of carbonyl (C=O) groups excluding carboxylic acids is 1. The molecule has 0 saturated carbocycles. The molecule has 2 amide bonds. The van der Waals surface area contributed by atoms with Crippen LogP contribution in [0.15, 0.2) is 22.4 Å². The number of nitrogens with two attached hydrogens (primary N) is 1. The molecule has 1 atom stereocenters. The second-order valence-electron chi connectivity index (χ2n) is 4.28. The number of phenolic OH excluding ortho intramolecular Hbond substituents is 1. The zero-order chi connectivity index (χ0) is 17.1. The van der Waals surface area contributed by atoms with Crippen LogP contribution in [0.1, 0.15) is 11.7 Å². The lowest BCUT2D eigenvalue weighted by Gasteiger charge is -2.11. The first-order valence-corrected chi connectivity index (χ1v) is 7.06. The van der Waals surface area contributed by atoms with Crippen LogP contribution >= 0.6 is 0 Å². The van der Waals surface area contributed by atoms with Gasteiger partial charge < -0.3 is 20.8 Å². The maximum absolute atomic E-state index is 10.5. The minimum atomic E-state index is -4.67. The number of aliphatic hydroxyl groups is 1. The maximum Gasteiger partial charge on any atom is 0.394 e. The Morgan fingerprint density at radius 1 is 1.41 bits per heavy atom. The third-order valence-electron chi connectivity index (χ3n) is 2.60. The van der Waals surface area contributed by atoms with Crippen LogP contribution in [0.3, 0.4) is 0 Å². The minimum absolute atomic E-state index is 0.108. The van der Waals surface area contributed by atoms with E-state index in [0.29, 0.717) is 12.1 Å². The molecule has 1 heterocycles. The van der Waals surface area contributed by atoms with Gasteiger partial charge in [-0.15, -0.1) is 5.11 Å². The number of azo groups is 1. The second-order valence-corrected chi connectivity index (χ2v) is 5.18. The van der Waals surface area contributed by atoms with Gasteiger partial charge in [-0.2, -0.15) is 8.42 Å². The maximum atomic E-state index is 10.5. The van der Waals surface area contributed by atoms with Gasteiger partial charge in [0.15, 0.2) is 0 Å². The number of nitrogens with zero attached hydrogens (tertiary/aromatic N) is 3. The number of phenols is 1. The van der Waals surface area contributed by atoms with Crippen LogP contribution in [0.2, 0.25) is 0 Å². The Hall–Kier alpha value is -2.28. The molecule has 12 heteroatoms. The number of likely N-dealkylation sites (N-methyl/N-ethyl adjacent to an activating group) is 1. The number of amides is 2. The summed E-state index contributed by atoms with van der Waals surface area (Å²) in [6.07, 6.45) is -0.641. The van der Waals surface area contributed by atoms with E-state index in [1.165, 1.54) is 12.1 Å². The third kappa shape index (κ3) is 5.25. The summed E-state index contributed by atoms with van der Waals surface area (Å²) in [5, 5.41) is 26.1. The van der Waals surface area contributed by atoms with Crippen molar-refractivity contribution in [1.29, 1.82) is 0 Å². The van der Waals surface area contributed by atoms with Gasteiger partial charge in [-0.05, 0) is 6.07 Å². The number of urea groups is 1. The molecule has 1 aliphatic heterocycles. The van der Waals surface area contributed by atoms with Crippen LogP contribution in [0.25, 0.3) is 0 Å². The standard InChI is InChI=1S/C10H12N4O3.H2O4S/c1-14-4-9(16)5-2-6(12-13-10(11)17)8(15)3-7(5)14;1-5(2,3)4/h2-3,9,15-16H,4H2,1H3,(H2,11,17);(H2,1,2,3,4). The van der Waals surface area contributed by atoms with E-state index in [4.69, 9.17) is 23.3 Å². The summed E-state index contributed by atoms with van der Waals surface area (Å²) in [5.41, 5.74) is 6.29. The number of β-amino-alcohol motifs (C(OH)–C–C–N with tert-alkyl or cyclic N) is 1. The number of aromatic hydroxyl groups is 1. The van der Waals surface area contributed by atoms with Crippen LogP contribution in [0.4, 0.5) is 16.2 Å². The van der Waals surface area contributed by atoms with Crippen LogP contribution in [-0.2, 0) is 10.4 Å². The fraction of sp³-hybridized carbons (Fsp3) is 0.300. The van der Waals surface area contributed by atoms with E-state index < -0.39 is 22.5 Å². The number of hydrogen-bond donors (Lipinski definition) is 5. The predicted octanol–water partition coefficient (Wildman–Crippen LogP) is 0.385. The van der Waals surface area contributed by atoms with Gasteiger partial charge in [0.2, 0.25) is 0 Å². The van der Waals surface area contributed by atoms with E-state index in [9.17, 15) is 15.0 Å². The highest BCUT2D eigenvalue weighted by atomic mass is 32.3. The SMILES string of the molecule is CN1CC(O)c2cc(N=NC(N)=O)c(O)cc21.O=S(=O)(O)O. The zero-order valence-corrected chi connectivity index (χ0v) is 12.1. The number of carbonyl (C=O) groups is 1. The van der Waals surface area contributed by atoms with E-state index in [-0.39, 0.29) is 11.4 Å². The lowest BCUT2D eigenvalue weighted by molar-refractivity contribution is 0.195. The molecule has 0 aliphatic carbocycles. The molecule has 0 bridgehead atoms. The fourth-order valence-electron chi connectivity index (χ4n) is 1.82. The molecule has 1 aliphatic rings. The summed E-state index contributed by atoms with van der Waals surface area (Å²) in [6, 6.07) is 2.02. The second kappa shape index (κ2) is 6.65. The van der Waals surface area contributed by atoms with Gasteiger partial charge in [-0.1, -0.05) is 5.11 Å².